The van der Waals surface area contributed by atoms with Crippen LogP contribution in [0.4, 0.5) is 0 Å². The lowest BCUT2D eigenvalue weighted by Gasteiger charge is -2.41. The van der Waals surface area contributed by atoms with Crippen molar-refractivity contribution < 1.29 is 18.7 Å². The fourth-order valence-corrected chi connectivity index (χ4v) is 5.45. The van der Waals surface area contributed by atoms with Crippen molar-refractivity contribution >= 4 is 14.6 Å². The van der Waals surface area contributed by atoms with Crippen molar-refractivity contribution in [2.45, 2.75) is 89.5 Å². The number of carbonyl (C=O) groups excluding carboxylic acids is 1. The SMILES string of the molecule is CC(C)(C)[Si](C)(C)O[C@@H]1C2CC(C=O)=CC2C[C@H]1OC1CCCCO1. The third kappa shape index (κ3) is 4.10. The number of hydrogen-bond acceptors (Lipinski definition) is 4. The molecule has 3 aliphatic rings. The summed E-state index contributed by atoms with van der Waals surface area (Å²) in [6.45, 7) is 12.2. The molecule has 1 aliphatic heterocycles. The molecule has 0 amide bonds. The molecule has 0 radical (unpaired) electrons. The van der Waals surface area contributed by atoms with Crippen LogP contribution < -0.4 is 0 Å². The van der Waals surface area contributed by atoms with Gasteiger partial charge in [0.05, 0.1) is 12.2 Å². The molecule has 0 bridgehead atoms. The topological polar surface area (TPSA) is 44.8 Å². The van der Waals surface area contributed by atoms with Crippen LogP contribution in [0.15, 0.2) is 11.6 Å². The molecule has 3 rings (SSSR count). The Morgan fingerprint density at radius 2 is 2.04 bits per heavy atom. The smallest absolute Gasteiger partial charge is 0.192 e. The Kier molecular flexibility index (Phi) is 5.59. The first-order valence-electron chi connectivity index (χ1n) is 9.82. The van der Waals surface area contributed by atoms with E-state index in [-0.39, 0.29) is 23.5 Å². The molecular formula is C20H34O4Si. The molecule has 0 spiro atoms. The van der Waals surface area contributed by atoms with Crippen LogP contribution in [0.2, 0.25) is 18.1 Å². The predicted molar refractivity (Wildman–Crippen MR) is 101 cm³/mol. The maximum absolute atomic E-state index is 11.2. The number of hydrogen-bond donors (Lipinski definition) is 0. The van der Waals surface area contributed by atoms with Gasteiger partial charge in [-0.15, -0.1) is 0 Å². The van der Waals surface area contributed by atoms with Gasteiger partial charge in [0, 0.05) is 6.61 Å². The molecule has 1 saturated heterocycles. The lowest BCUT2D eigenvalue weighted by Crippen LogP contribution is -2.48. The average molecular weight is 367 g/mol. The third-order valence-electron chi connectivity index (χ3n) is 6.60. The van der Waals surface area contributed by atoms with Crippen molar-refractivity contribution in [2.75, 3.05) is 6.61 Å². The predicted octanol–water partition coefficient (Wildman–Crippen LogP) is 4.45. The van der Waals surface area contributed by atoms with Crippen molar-refractivity contribution in [3.05, 3.63) is 11.6 Å². The molecule has 5 heteroatoms. The Balaban J connectivity index is 1.75. The molecule has 1 saturated carbocycles. The quantitative estimate of drug-likeness (QED) is 0.532. The van der Waals surface area contributed by atoms with E-state index in [0.29, 0.717) is 11.8 Å². The van der Waals surface area contributed by atoms with E-state index >= 15 is 0 Å². The molecule has 0 aromatic carbocycles. The Labute approximate surface area is 153 Å². The number of fused-ring (bicyclic) bond motifs is 1. The highest BCUT2D eigenvalue weighted by Gasteiger charge is 2.51. The molecule has 1 heterocycles. The van der Waals surface area contributed by atoms with Crippen LogP contribution in [0.3, 0.4) is 0 Å². The van der Waals surface area contributed by atoms with Crippen LogP contribution in [0.1, 0.15) is 52.9 Å². The first-order chi connectivity index (χ1) is 11.7. The lowest BCUT2D eigenvalue weighted by atomic mass is 9.98. The molecule has 142 valence electrons. The first-order valence-corrected chi connectivity index (χ1v) is 12.7. The van der Waals surface area contributed by atoms with Gasteiger partial charge in [-0.05, 0) is 67.6 Å². The molecule has 5 atom stereocenters. The van der Waals surface area contributed by atoms with Crippen molar-refractivity contribution in [3.8, 4) is 0 Å². The van der Waals surface area contributed by atoms with Gasteiger partial charge in [-0.2, -0.15) is 0 Å². The summed E-state index contributed by atoms with van der Waals surface area (Å²) < 4.78 is 19.0. The number of carbonyl (C=O) groups is 1. The fraction of sp³-hybridized carbons (Fsp3) is 0.850. The van der Waals surface area contributed by atoms with E-state index in [4.69, 9.17) is 13.9 Å². The number of allylic oxidation sites excluding steroid dienone is 2. The Bertz CT molecular complexity index is 516. The van der Waals surface area contributed by atoms with Gasteiger partial charge in [-0.3, -0.25) is 4.79 Å². The van der Waals surface area contributed by atoms with Crippen LogP contribution in [-0.2, 0) is 18.7 Å². The summed E-state index contributed by atoms with van der Waals surface area (Å²) in [5.41, 5.74) is 0.936. The zero-order valence-electron chi connectivity index (χ0n) is 16.4. The van der Waals surface area contributed by atoms with E-state index in [0.717, 1.165) is 44.1 Å². The van der Waals surface area contributed by atoms with Crippen LogP contribution >= 0.6 is 0 Å². The molecule has 2 fully saturated rings. The highest BCUT2D eigenvalue weighted by molar-refractivity contribution is 6.74. The molecule has 0 aromatic heterocycles. The van der Waals surface area contributed by atoms with Gasteiger partial charge in [0.1, 0.15) is 6.29 Å². The Hall–Kier alpha value is -0.493. The molecule has 4 nitrogen and oxygen atoms in total. The average Bonchev–Trinajstić information content (AvgIpc) is 3.06. The van der Waals surface area contributed by atoms with Crippen LogP contribution in [0, 0.1) is 11.8 Å². The number of ether oxygens (including phenoxy) is 2. The van der Waals surface area contributed by atoms with E-state index < -0.39 is 8.32 Å². The van der Waals surface area contributed by atoms with Gasteiger partial charge in [0.25, 0.3) is 0 Å². The van der Waals surface area contributed by atoms with E-state index in [1.54, 1.807) is 0 Å². The summed E-state index contributed by atoms with van der Waals surface area (Å²) in [6.07, 6.45) is 8.30. The Morgan fingerprint density at radius 1 is 1.28 bits per heavy atom. The monoisotopic (exact) mass is 366 g/mol. The number of aldehydes is 1. The minimum atomic E-state index is -1.90. The van der Waals surface area contributed by atoms with E-state index in [2.05, 4.69) is 39.9 Å². The van der Waals surface area contributed by atoms with Crippen molar-refractivity contribution in [1.82, 2.24) is 0 Å². The van der Waals surface area contributed by atoms with Gasteiger partial charge >= 0.3 is 0 Å². The molecule has 0 aromatic rings. The van der Waals surface area contributed by atoms with Crippen LogP contribution in [-0.4, -0.2) is 39.7 Å². The summed E-state index contributed by atoms with van der Waals surface area (Å²) in [6, 6.07) is 0. The summed E-state index contributed by atoms with van der Waals surface area (Å²) in [5.74, 6) is 0.784. The normalized spacial score (nSPS) is 36.2. The summed E-state index contributed by atoms with van der Waals surface area (Å²) >= 11 is 0. The van der Waals surface area contributed by atoms with Gasteiger partial charge in [-0.25, -0.2) is 0 Å². The highest BCUT2D eigenvalue weighted by Crippen LogP contribution is 2.48. The van der Waals surface area contributed by atoms with Crippen LogP contribution in [0.25, 0.3) is 0 Å². The standard InChI is InChI=1S/C20H34O4Si/c1-20(2,3)25(4,5)24-19-16-11-14(13-21)10-15(16)12-17(19)23-18-8-6-7-9-22-18/h10,13,15-19H,6-9,11-12H2,1-5H3/t15?,16?,17-,18?,19-/m1/s1. The minimum absolute atomic E-state index is 0.0742. The fourth-order valence-electron chi connectivity index (χ4n) is 4.08. The first kappa shape index (κ1) is 19.3. The maximum atomic E-state index is 11.2. The molecule has 2 aliphatic carbocycles. The van der Waals surface area contributed by atoms with Gasteiger partial charge in [0.2, 0.25) is 0 Å². The van der Waals surface area contributed by atoms with E-state index in [1.807, 2.05) is 0 Å². The number of rotatable bonds is 5. The molecule has 3 unspecified atom stereocenters. The molecule has 0 N–H and O–H groups in total. The van der Waals surface area contributed by atoms with E-state index in [1.165, 1.54) is 6.42 Å². The Morgan fingerprint density at radius 3 is 2.64 bits per heavy atom. The minimum Gasteiger partial charge on any atom is -0.411 e. The van der Waals surface area contributed by atoms with Gasteiger partial charge in [-0.1, -0.05) is 26.8 Å². The van der Waals surface area contributed by atoms with Gasteiger partial charge < -0.3 is 13.9 Å². The second-order valence-electron chi connectivity index (χ2n) is 9.44. The summed E-state index contributed by atoms with van der Waals surface area (Å²) in [5, 5.41) is 0.163. The molecular weight excluding hydrogens is 332 g/mol. The lowest BCUT2D eigenvalue weighted by molar-refractivity contribution is -0.202. The zero-order valence-corrected chi connectivity index (χ0v) is 17.4. The van der Waals surface area contributed by atoms with Crippen molar-refractivity contribution in [1.29, 1.82) is 0 Å². The van der Waals surface area contributed by atoms with E-state index in [9.17, 15) is 4.79 Å². The van der Waals surface area contributed by atoms with Gasteiger partial charge in [0.15, 0.2) is 14.6 Å². The van der Waals surface area contributed by atoms with Crippen molar-refractivity contribution in [2.24, 2.45) is 11.8 Å². The second-order valence-corrected chi connectivity index (χ2v) is 14.2. The summed E-state index contributed by atoms with van der Waals surface area (Å²) in [7, 11) is -1.90. The second kappa shape index (κ2) is 7.26. The van der Waals surface area contributed by atoms with Crippen molar-refractivity contribution in [3.63, 3.8) is 0 Å². The summed E-state index contributed by atoms with van der Waals surface area (Å²) in [4.78, 5) is 11.2. The third-order valence-corrected chi connectivity index (χ3v) is 11.1. The molecule has 25 heavy (non-hydrogen) atoms. The van der Waals surface area contributed by atoms with Crippen LogP contribution in [0.5, 0.6) is 0 Å². The largest absolute Gasteiger partial charge is 0.411 e. The zero-order chi connectivity index (χ0) is 18.2. The maximum Gasteiger partial charge on any atom is 0.192 e. The highest BCUT2D eigenvalue weighted by atomic mass is 28.4.